The van der Waals surface area contributed by atoms with Crippen molar-refractivity contribution in [3.05, 3.63) is 29.8 Å². The van der Waals surface area contributed by atoms with Gasteiger partial charge in [-0.2, -0.15) is 0 Å². The zero-order valence-corrected chi connectivity index (χ0v) is 14.1. The first-order chi connectivity index (χ1) is 10.7. The smallest absolute Gasteiger partial charge is 0.326 e. The van der Waals surface area contributed by atoms with E-state index in [0.29, 0.717) is 0 Å². The first-order valence-electron chi connectivity index (χ1n) is 7.07. The molecule has 0 fully saturated rings. The van der Waals surface area contributed by atoms with Gasteiger partial charge in [0.2, 0.25) is 0 Å². The third-order valence-corrected chi connectivity index (χ3v) is 5.48. The first-order valence-corrected chi connectivity index (χ1v) is 8.62. The van der Waals surface area contributed by atoms with Crippen molar-refractivity contribution in [2.45, 2.75) is 36.5 Å². The summed E-state index contributed by atoms with van der Waals surface area (Å²) >= 11 is 0. The molecule has 1 unspecified atom stereocenters. The third-order valence-electron chi connectivity index (χ3n) is 3.27. The Labute approximate surface area is 135 Å². The van der Waals surface area contributed by atoms with Crippen LogP contribution in [0.2, 0.25) is 0 Å². The lowest BCUT2D eigenvalue weighted by atomic mass is 10.1. The highest BCUT2D eigenvalue weighted by atomic mass is 32.2. The molecule has 0 saturated heterocycles. The van der Waals surface area contributed by atoms with E-state index in [4.69, 9.17) is 9.84 Å². The van der Waals surface area contributed by atoms with Crippen molar-refractivity contribution in [3.8, 4) is 0 Å². The molecule has 0 aliphatic heterocycles. The highest BCUT2D eigenvalue weighted by Gasteiger charge is 2.27. The van der Waals surface area contributed by atoms with E-state index in [2.05, 4.69) is 5.32 Å². The molecule has 0 spiro atoms. The normalized spacial score (nSPS) is 12.9. The van der Waals surface area contributed by atoms with Gasteiger partial charge in [-0.15, -0.1) is 0 Å². The zero-order valence-electron chi connectivity index (χ0n) is 13.3. The van der Waals surface area contributed by atoms with Crippen LogP contribution < -0.4 is 5.32 Å². The van der Waals surface area contributed by atoms with Crippen LogP contribution in [-0.2, 0) is 19.4 Å². The molecule has 0 heterocycles. The Morgan fingerprint density at radius 3 is 2.39 bits per heavy atom. The Balaban J connectivity index is 3.12. The van der Waals surface area contributed by atoms with Gasteiger partial charge in [0.1, 0.15) is 6.04 Å². The molecule has 7 nitrogen and oxygen atoms in total. The van der Waals surface area contributed by atoms with Gasteiger partial charge in [-0.3, -0.25) is 4.79 Å². The second kappa shape index (κ2) is 8.07. The van der Waals surface area contributed by atoms with Crippen molar-refractivity contribution >= 4 is 21.7 Å². The number of ether oxygens (including phenoxy) is 1. The molecule has 8 heteroatoms. The predicted octanol–water partition coefficient (Wildman–Crippen LogP) is 1.09. The first kappa shape index (κ1) is 19.1. The summed E-state index contributed by atoms with van der Waals surface area (Å²) < 4.78 is 29.5. The van der Waals surface area contributed by atoms with E-state index in [-0.39, 0.29) is 23.5 Å². The van der Waals surface area contributed by atoms with Crippen molar-refractivity contribution < 1.29 is 27.9 Å². The largest absolute Gasteiger partial charge is 0.480 e. The summed E-state index contributed by atoms with van der Waals surface area (Å²) in [5.74, 6) is -1.95. The Morgan fingerprint density at radius 1 is 1.26 bits per heavy atom. The van der Waals surface area contributed by atoms with Crippen LogP contribution in [0.3, 0.4) is 0 Å². The molecule has 0 aromatic heterocycles. The molecule has 0 saturated carbocycles. The van der Waals surface area contributed by atoms with Crippen LogP contribution in [0.4, 0.5) is 0 Å². The molecule has 1 amide bonds. The van der Waals surface area contributed by atoms with Gasteiger partial charge in [0.15, 0.2) is 9.84 Å². The van der Waals surface area contributed by atoms with E-state index in [1.165, 1.54) is 45.2 Å². The average molecular weight is 343 g/mol. The third kappa shape index (κ3) is 4.77. The molecule has 1 aromatic carbocycles. The molecule has 0 bridgehead atoms. The Bertz CT molecular complexity index is 668. The number of hydrogen-bond acceptors (Lipinski definition) is 5. The van der Waals surface area contributed by atoms with Gasteiger partial charge in [0, 0.05) is 20.1 Å². The minimum Gasteiger partial charge on any atom is -0.480 e. The van der Waals surface area contributed by atoms with Gasteiger partial charge in [0.25, 0.3) is 5.91 Å². The molecule has 0 radical (unpaired) electrons. The summed E-state index contributed by atoms with van der Waals surface area (Å²) in [4.78, 5) is 23.4. The topological polar surface area (TPSA) is 110 Å². The standard InChI is InChI=1S/C15H21NO6S/c1-10(2)23(20,21)13-7-5-4-6-11(13)14(17)16-12(15(18)19)8-9-22-3/h4-7,10,12H,8-9H2,1-3H3,(H,16,17)(H,18,19). The summed E-state index contributed by atoms with van der Waals surface area (Å²) in [6.45, 7) is 3.19. The van der Waals surface area contributed by atoms with Gasteiger partial charge in [-0.25, -0.2) is 13.2 Å². The monoisotopic (exact) mass is 343 g/mol. The van der Waals surface area contributed by atoms with E-state index in [9.17, 15) is 18.0 Å². The Hall–Kier alpha value is -1.93. The lowest BCUT2D eigenvalue weighted by molar-refractivity contribution is -0.139. The van der Waals surface area contributed by atoms with Gasteiger partial charge < -0.3 is 15.2 Å². The van der Waals surface area contributed by atoms with Crippen LogP contribution >= 0.6 is 0 Å². The van der Waals surface area contributed by atoms with Crippen LogP contribution in [0.5, 0.6) is 0 Å². The highest BCUT2D eigenvalue weighted by Crippen LogP contribution is 2.20. The molecule has 1 aromatic rings. The van der Waals surface area contributed by atoms with Crippen LogP contribution in [0.1, 0.15) is 30.6 Å². The minimum atomic E-state index is -3.66. The molecule has 0 aliphatic carbocycles. The van der Waals surface area contributed by atoms with Crippen molar-refractivity contribution in [2.75, 3.05) is 13.7 Å². The Kier molecular flexibility index (Phi) is 6.71. The van der Waals surface area contributed by atoms with E-state index in [1.807, 2.05) is 0 Å². The summed E-state index contributed by atoms with van der Waals surface area (Å²) in [6.07, 6.45) is 0.0800. The van der Waals surface area contributed by atoms with Crippen LogP contribution in [0.25, 0.3) is 0 Å². The maximum atomic E-state index is 12.3. The molecule has 0 aliphatic rings. The number of rotatable bonds is 8. The molecule has 1 atom stereocenters. The van der Waals surface area contributed by atoms with Crippen LogP contribution in [0, 0.1) is 0 Å². The summed E-state index contributed by atoms with van der Waals surface area (Å²) in [6, 6.07) is 4.59. The molecule has 1 rings (SSSR count). The molecule has 23 heavy (non-hydrogen) atoms. The van der Waals surface area contributed by atoms with Crippen LogP contribution in [0.15, 0.2) is 29.2 Å². The number of amides is 1. The van der Waals surface area contributed by atoms with Crippen molar-refractivity contribution in [1.29, 1.82) is 0 Å². The van der Waals surface area contributed by atoms with Crippen LogP contribution in [-0.4, -0.2) is 50.4 Å². The maximum Gasteiger partial charge on any atom is 0.326 e. The number of benzene rings is 1. The SMILES string of the molecule is COCCC(NC(=O)c1ccccc1S(=O)(=O)C(C)C)C(=O)O. The van der Waals surface area contributed by atoms with Gasteiger partial charge >= 0.3 is 5.97 Å². The van der Waals surface area contributed by atoms with Gasteiger partial charge in [-0.05, 0) is 26.0 Å². The summed E-state index contributed by atoms with van der Waals surface area (Å²) in [5, 5.41) is 10.8. The molecule has 2 N–H and O–H groups in total. The number of carbonyl (C=O) groups is 2. The van der Waals surface area contributed by atoms with Gasteiger partial charge in [-0.1, -0.05) is 12.1 Å². The maximum absolute atomic E-state index is 12.3. The van der Waals surface area contributed by atoms with Crippen molar-refractivity contribution in [2.24, 2.45) is 0 Å². The van der Waals surface area contributed by atoms with Crippen molar-refractivity contribution in [1.82, 2.24) is 5.32 Å². The molecular weight excluding hydrogens is 322 g/mol. The van der Waals surface area contributed by atoms with E-state index < -0.39 is 33.0 Å². The van der Waals surface area contributed by atoms with Gasteiger partial charge in [0.05, 0.1) is 15.7 Å². The summed E-state index contributed by atoms with van der Waals surface area (Å²) in [5.41, 5.74) is -0.0649. The average Bonchev–Trinajstić information content (AvgIpc) is 2.50. The second-order valence-corrected chi connectivity index (χ2v) is 7.71. The highest BCUT2D eigenvalue weighted by molar-refractivity contribution is 7.92. The van der Waals surface area contributed by atoms with E-state index >= 15 is 0 Å². The number of carboxylic acid groups (broad SMARTS) is 1. The number of sulfone groups is 1. The predicted molar refractivity (Wildman–Crippen MR) is 84.1 cm³/mol. The summed E-state index contributed by atoms with van der Waals surface area (Å²) in [7, 11) is -2.24. The number of carbonyl (C=O) groups excluding carboxylic acids is 1. The number of methoxy groups -OCH3 is 1. The lowest BCUT2D eigenvalue weighted by Crippen LogP contribution is -2.42. The number of carboxylic acids is 1. The number of nitrogens with one attached hydrogen (secondary N) is 1. The fourth-order valence-corrected chi connectivity index (χ4v) is 3.13. The lowest BCUT2D eigenvalue weighted by Gasteiger charge is -2.16. The quantitative estimate of drug-likeness (QED) is 0.731. The number of hydrogen-bond donors (Lipinski definition) is 2. The Morgan fingerprint density at radius 2 is 1.87 bits per heavy atom. The fourth-order valence-electron chi connectivity index (χ4n) is 1.89. The van der Waals surface area contributed by atoms with Crippen molar-refractivity contribution in [3.63, 3.8) is 0 Å². The van der Waals surface area contributed by atoms with E-state index in [0.717, 1.165) is 0 Å². The fraction of sp³-hybridized carbons (Fsp3) is 0.467. The molecule has 128 valence electrons. The zero-order chi connectivity index (χ0) is 17.6. The second-order valence-electron chi connectivity index (χ2n) is 5.24. The number of aliphatic carboxylic acids is 1. The minimum absolute atomic E-state index is 0.0649. The van der Waals surface area contributed by atoms with E-state index in [1.54, 1.807) is 0 Å². The molecular formula is C15H21NO6S.